The molecule has 94 valence electrons. The maximum absolute atomic E-state index is 11.7. The summed E-state index contributed by atoms with van der Waals surface area (Å²) in [5.41, 5.74) is 9.19. The summed E-state index contributed by atoms with van der Waals surface area (Å²) in [6.07, 6.45) is 0.820. The molecule has 0 fully saturated rings. The first-order valence-electron chi connectivity index (χ1n) is 5.70. The molecule has 1 aromatic rings. The number of hydrogen-bond acceptors (Lipinski definition) is 3. The fraction of sp³-hybridized carbons (Fsp3) is 0.462. The van der Waals surface area contributed by atoms with Crippen LogP contribution in [0.1, 0.15) is 36.7 Å². The Morgan fingerprint density at radius 1 is 1.29 bits per heavy atom. The molecule has 0 saturated carbocycles. The second-order valence-electron chi connectivity index (χ2n) is 4.88. The van der Waals surface area contributed by atoms with Gasteiger partial charge in [-0.2, -0.15) is 0 Å². The molecule has 0 aromatic heterocycles. The third kappa shape index (κ3) is 4.97. The molecule has 0 aliphatic carbocycles. The largest absolute Gasteiger partial charge is 0.330 e. The van der Waals surface area contributed by atoms with Gasteiger partial charge in [0.2, 0.25) is 0 Å². The van der Waals surface area contributed by atoms with Crippen LogP contribution in [0.3, 0.4) is 0 Å². The molecule has 1 rings (SSSR count). The SMILES string of the molecule is CC(C)(C)ONC(=O)c1ccc(CCN)cc1. The van der Waals surface area contributed by atoms with E-state index in [1.165, 1.54) is 0 Å². The highest BCUT2D eigenvalue weighted by atomic mass is 16.7. The van der Waals surface area contributed by atoms with Gasteiger partial charge in [0.15, 0.2) is 0 Å². The number of nitrogens with two attached hydrogens (primary N) is 1. The second-order valence-corrected chi connectivity index (χ2v) is 4.88. The Morgan fingerprint density at radius 2 is 1.88 bits per heavy atom. The maximum Gasteiger partial charge on any atom is 0.274 e. The van der Waals surface area contributed by atoms with Gasteiger partial charge in [0, 0.05) is 5.56 Å². The lowest BCUT2D eigenvalue weighted by atomic mass is 10.1. The highest BCUT2D eigenvalue weighted by molar-refractivity contribution is 5.93. The van der Waals surface area contributed by atoms with Crippen molar-refractivity contribution in [1.82, 2.24) is 5.48 Å². The highest BCUT2D eigenvalue weighted by Gasteiger charge is 2.13. The van der Waals surface area contributed by atoms with Crippen LogP contribution < -0.4 is 11.2 Å². The van der Waals surface area contributed by atoms with E-state index >= 15 is 0 Å². The van der Waals surface area contributed by atoms with Gasteiger partial charge in [-0.25, -0.2) is 5.48 Å². The van der Waals surface area contributed by atoms with Crippen LogP contribution in [0.15, 0.2) is 24.3 Å². The standard InChI is InChI=1S/C13H20N2O2/c1-13(2,3)17-15-12(16)11-6-4-10(5-7-11)8-9-14/h4-7H,8-9,14H2,1-3H3,(H,15,16). The van der Waals surface area contributed by atoms with E-state index < -0.39 is 5.60 Å². The summed E-state index contributed by atoms with van der Waals surface area (Å²) in [6, 6.07) is 7.34. The molecule has 4 nitrogen and oxygen atoms in total. The Morgan fingerprint density at radius 3 is 2.35 bits per heavy atom. The van der Waals surface area contributed by atoms with Gasteiger partial charge >= 0.3 is 0 Å². The minimum Gasteiger partial charge on any atom is -0.330 e. The Bertz CT molecular complexity index is 366. The fourth-order valence-corrected chi connectivity index (χ4v) is 1.25. The predicted octanol–water partition coefficient (Wildman–Crippen LogP) is 1.65. The van der Waals surface area contributed by atoms with Crippen LogP contribution in [0.4, 0.5) is 0 Å². The molecular weight excluding hydrogens is 216 g/mol. The summed E-state index contributed by atoms with van der Waals surface area (Å²) < 4.78 is 0. The molecule has 17 heavy (non-hydrogen) atoms. The van der Waals surface area contributed by atoms with Crippen LogP contribution in [0.25, 0.3) is 0 Å². The molecule has 0 aliphatic heterocycles. The molecule has 0 bridgehead atoms. The molecule has 0 unspecified atom stereocenters. The number of amides is 1. The third-order valence-electron chi connectivity index (χ3n) is 2.10. The van der Waals surface area contributed by atoms with Crippen molar-refractivity contribution in [3.8, 4) is 0 Å². The second kappa shape index (κ2) is 5.80. The Hall–Kier alpha value is -1.39. The van der Waals surface area contributed by atoms with Crippen LogP contribution in [-0.2, 0) is 11.3 Å². The molecule has 0 aliphatic rings. The zero-order valence-corrected chi connectivity index (χ0v) is 10.6. The first kappa shape index (κ1) is 13.7. The zero-order chi connectivity index (χ0) is 12.9. The smallest absolute Gasteiger partial charge is 0.274 e. The maximum atomic E-state index is 11.7. The van der Waals surface area contributed by atoms with Crippen molar-refractivity contribution in [2.45, 2.75) is 32.8 Å². The average molecular weight is 236 g/mol. The van der Waals surface area contributed by atoms with Gasteiger partial charge in [0.1, 0.15) is 0 Å². The van der Waals surface area contributed by atoms with Crippen molar-refractivity contribution in [3.63, 3.8) is 0 Å². The Balaban J connectivity index is 2.57. The summed E-state index contributed by atoms with van der Waals surface area (Å²) in [6.45, 7) is 6.23. The number of carbonyl (C=O) groups excluding carboxylic acids is 1. The lowest BCUT2D eigenvalue weighted by Gasteiger charge is -2.18. The number of benzene rings is 1. The quantitative estimate of drug-likeness (QED) is 0.781. The summed E-state index contributed by atoms with van der Waals surface area (Å²) in [4.78, 5) is 16.9. The van der Waals surface area contributed by atoms with E-state index in [-0.39, 0.29) is 5.91 Å². The lowest BCUT2D eigenvalue weighted by Crippen LogP contribution is -2.33. The minimum absolute atomic E-state index is 0.237. The topological polar surface area (TPSA) is 64.3 Å². The van der Waals surface area contributed by atoms with Crippen LogP contribution >= 0.6 is 0 Å². The number of carbonyl (C=O) groups is 1. The van der Waals surface area contributed by atoms with Gasteiger partial charge in [0.05, 0.1) is 5.60 Å². The van der Waals surface area contributed by atoms with E-state index in [4.69, 9.17) is 10.6 Å². The number of hydroxylamine groups is 1. The molecule has 0 spiro atoms. The summed E-state index contributed by atoms with van der Waals surface area (Å²) in [7, 11) is 0. The van der Waals surface area contributed by atoms with E-state index in [1.807, 2.05) is 32.9 Å². The fourth-order valence-electron chi connectivity index (χ4n) is 1.25. The molecule has 4 heteroatoms. The van der Waals surface area contributed by atoms with Gasteiger partial charge in [-0.1, -0.05) is 12.1 Å². The average Bonchev–Trinajstić information content (AvgIpc) is 2.26. The van der Waals surface area contributed by atoms with Crippen molar-refractivity contribution in [1.29, 1.82) is 0 Å². The minimum atomic E-state index is -0.394. The monoisotopic (exact) mass is 236 g/mol. The Labute approximate surface area is 102 Å². The van der Waals surface area contributed by atoms with Crippen molar-refractivity contribution < 1.29 is 9.63 Å². The summed E-state index contributed by atoms with van der Waals surface area (Å²) in [5, 5.41) is 0. The van der Waals surface area contributed by atoms with Crippen molar-refractivity contribution >= 4 is 5.91 Å². The van der Waals surface area contributed by atoms with Gasteiger partial charge < -0.3 is 5.73 Å². The Kier molecular flexibility index (Phi) is 4.66. The van der Waals surface area contributed by atoms with E-state index in [0.29, 0.717) is 12.1 Å². The van der Waals surface area contributed by atoms with E-state index in [1.54, 1.807) is 12.1 Å². The molecule has 3 N–H and O–H groups in total. The van der Waals surface area contributed by atoms with Crippen LogP contribution in [0, 0.1) is 0 Å². The van der Waals surface area contributed by atoms with Crippen molar-refractivity contribution in [2.75, 3.05) is 6.54 Å². The highest BCUT2D eigenvalue weighted by Crippen LogP contribution is 2.07. The summed E-state index contributed by atoms with van der Waals surface area (Å²) in [5.74, 6) is -0.237. The molecule has 1 aromatic carbocycles. The van der Waals surface area contributed by atoms with Gasteiger partial charge in [-0.05, 0) is 51.4 Å². The first-order valence-corrected chi connectivity index (χ1v) is 5.70. The summed E-state index contributed by atoms with van der Waals surface area (Å²) >= 11 is 0. The molecule has 0 radical (unpaired) electrons. The number of hydrogen-bond donors (Lipinski definition) is 2. The molecule has 0 saturated heterocycles. The molecule has 1 amide bonds. The van der Waals surface area contributed by atoms with Crippen LogP contribution in [0.2, 0.25) is 0 Å². The van der Waals surface area contributed by atoms with Gasteiger partial charge in [-0.3, -0.25) is 9.63 Å². The lowest BCUT2D eigenvalue weighted by molar-refractivity contribution is -0.0589. The normalized spacial score (nSPS) is 11.3. The van der Waals surface area contributed by atoms with Gasteiger partial charge in [-0.15, -0.1) is 0 Å². The molecule has 0 heterocycles. The number of nitrogens with one attached hydrogen (secondary N) is 1. The van der Waals surface area contributed by atoms with Crippen LogP contribution in [0.5, 0.6) is 0 Å². The van der Waals surface area contributed by atoms with Gasteiger partial charge in [0.25, 0.3) is 5.91 Å². The van der Waals surface area contributed by atoms with Crippen LogP contribution in [-0.4, -0.2) is 18.1 Å². The molecular formula is C13H20N2O2. The first-order chi connectivity index (χ1) is 7.92. The predicted molar refractivity (Wildman–Crippen MR) is 67.5 cm³/mol. The zero-order valence-electron chi connectivity index (χ0n) is 10.6. The third-order valence-corrected chi connectivity index (χ3v) is 2.10. The van der Waals surface area contributed by atoms with Crippen molar-refractivity contribution in [2.24, 2.45) is 5.73 Å². The van der Waals surface area contributed by atoms with E-state index in [0.717, 1.165) is 12.0 Å². The number of rotatable bonds is 4. The van der Waals surface area contributed by atoms with E-state index in [9.17, 15) is 4.79 Å². The van der Waals surface area contributed by atoms with E-state index in [2.05, 4.69) is 5.48 Å². The van der Waals surface area contributed by atoms with Crippen molar-refractivity contribution in [3.05, 3.63) is 35.4 Å². The molecule has 0 atom stereocenters.